The van der Waals surface area contributed by atoms with E-state index in [4.69, 9.17) is 10.2 Å². The number of hydrogen-bond acceptors (Lipinski definition) is 5. The number of benzene rings is 1. The second kappa shape index (κ2) is 5.82. The zero-order valence-electron chi connectivity index (χ0n) is 14.5. The van der Waals surface area contributed by atoms with Crippen LogP contribution in [0.3, 0.4) is 0 Å². The Bertz CT molecular complexity index is 1020. The van der Waals surface area contributed by atoms with Crippen molar-refractivity contribution in [3.63, 3.8) is 0 Å². The third kappa shape index (κ3) is 2.28. The molecule has 6 heteroatoms. The monoisotopic (exact) mass is 344 g/mol. The van der Waals surface area contributed by atoms with E-state index in [1.165, 1.54) is 24.1 Å². The molecule has 1 aliphatic heterocycles. The number of fused-ring (bicyclic) bond motifs is 3. The van der Waals surface area contributed by atoms with E-state index >= 15 is 0 Å². The predicted molar refractivity (Wildman–Crippen MR) is 98.5 cm³/mol. The van der Waals surface area contributed by atoms with Crippen molar-refractivity contribution in [2.24, 2.45) is 0 Å². The molecule has 26 heavy (non-hydrogen) atoms. The minimum absolute atomic E-state index is 0.0402. The van der Waals surface area contributed by atoms with E-state index in [-0.39, 0.29) is 5.54 Å². The fraction of sp³-hybridized carbons (Fsp3) is 0.350. The lowest BCUT2D eigenvalue weighted by atomic mass is 9.94. The zero-order chi connectivity index (χ0) is 17.6. The van der Waals surface area contributed by atoms with Crippen molar-refractivity contribution in [1.29, 1.82) is 5.26 Å². The van der Waals surface area contributed by atoms with Gasteiger partial charge in [0.25, 0.3) is 0 Å². The molecular formula is C20H20N6. The molecule has 0 radical (unpaired) electrons. The molecule has 0 bridgehead atoms. The lowest BCUT2D eigenvalue weighted by Gasteiger charge is -2.24. The molecule has 3 aromatic rings. The van der Waals surface area contributed by atoms with Crippen molar-refractivity contribution in [3.05, 3.63) is 58.9 Å². The second-order valence-corrected chi connectivity index (χ2v) is 7.20. The van der Waals surface area contributed by atoms with E-state index in [9.17, 15) is 0 Å². The maximum atomic E-state index is 9.10. The quantitative estimate of drug-likeness (QED) is 0.763. The Kier molecular flexibility index (Phi) is 3.44. The fourth-order valence-electron chi connectivity index (χ4n) is 4.39. The summed E-state index contributed by atoms with van der Waals surface area (Å²) in [6.07, 6.45) is 6.61. The summed E-state index contributed by atoms with van der Waals surface area (Å²) in [4.78, 5) is 4.95. The average molecular weight is 344 g/mol. The third-order valence-electron chi connectivity index (χ3n) is 5.66. The summed E-state index contributed by atoms with van der Waals surface area (Å²) in [5.74, 6) is 1.01. The molecule has 1 fully saturated rings. The summed E-state index contributed by atoms with van der Waals surface area (Å²) in [7, 11) is 0. The maximum absolute atomic E-state index is 9.10. The maximum Gasteiger partial charge on any atom is 0.157 e. The molecule has 1 aromatic carbocycles. The van der Waals surface area contributed by atoms with Gasteiger partial charge in [0.1, 0.15) is 5.82 Å². The fourth-order valence-corrected chi connectivity index (χ4v) is 4.39. The van der Waals surface area contributed by atoms with Gasteiger partial charge in [-0.25, -0.2) is 4.98 Å². The Labute approximate surface area is 151 Å². The summed E-state index contributed by atoms with van der Waals surface area (Å²) >= 11 is 0. The number of nitrogens with one attached hydrogen (secondary N) is 2. The van der Waals surface area contributed by atoms with Crippen molar-refractivity contribution in [1.82, 2.24) is 19.9 Å². The van der Waals surface area contributed by atoms with Crippen LogP contribution in [0.5, 0.6) is 0 Å². The topological polar surface area (TPSA) is 78.0 Å². The van der Waals surface area contributed by atoms with E-state index in [1.807, 2.05) is 34.8 Å². The first-order valence-corrected chi connectivity index (χ1v) is 9.14. The summed E-state index contributed by atoms with van der Waals surface area (Å²) in [5.41, 5.74) is 5.10. The Morgan fingerprint density at radius 2 is 2.15 bits per heavy atom. The highest BCUT2D eigenvalue weighted by molar-refractivity contribution is 5.59. The molecule has 6 nitrogen and oxygen atoms in total. The van der Waals surface area contributed by atoms with Gasteiger partial charge < -0.3 is 10.6 Å². The van der Waals surface area contributed by atoms with Gasteiger partial charge in [0.2, 0.25) is 0 Å². The summed E-state index contributed by atoms with van der Waals surface area (Å²) < 4.78 is 1.89. The van der Waals surface area contributed by atoms with Crippen LogP contribution in [0.1, 0.15) is 48.1 Å². The lowest BCUT2D eigenvalue weighted by molar-refractivity contribution is 0.365. The van der Waals surface area contributed by atoms with E-state index in [2.05, 4.69) is 21.8 Å². The molecule has 1 spiro atoms. The minimum Gasteiger partial charge on any atom is -0.366 e. The molecule has 0 atom stereocenters. The summed E-state index contributed by atoms with van der Waals surface area (Å²) in [5, 5.41) is 20.9. The number of rotatable bonds is 3. The summed E-state index contributed by atoms with van der Waals surface area (Å²) in [6.45, 7) is 1.46. The van der Waals surface area contributed by atoms with Crippen LogP contribution < -0.4 is 10.6 Å². The molecule has 0 saturated heterocycles. The first-order chi connectivity index (χ1) is 12.8. The van der Waals surface area contributed by atoms with Gasteiger partial charge in [0, 0.05) is 24.7 Å². The summed E-state index contributed by atoms with van der Waals surface area (Å²) in [6, 6.07) is 11.9. The highest BCUT2D eigenvalue weighted by Gasteiger charge is 2.43. The van der Waals surface area contributed by atoms with Crippen molar-refractivity contribution in [3.8, 4) is 6.07 Å². The van der Waals surface area contributed by atoms with E-state index in [0.29, 0.717) is 12.1 Å². The number of anilines is 1. The van der Waals surface area contributed by atoms with Crippen LogP contribution in [0, 0.1) is 11.3 Å². The van der Waals surface area contributed by atoms with Crippen molar-refractivity contribution in [2.45, 2.75) is 44.3 Å². The average Bonchev–Trinajstić information content (AvgIpc) is 3.41. The Balaban J connectivity index is 1.55. The molecule has 2 aliphatic rings. The Hall–Kier alpha value is -2.91. The largest absolute Gasteiger partial charge is 0.366 e. The van der Waals surface area contributed by atoms with Crippen LogP contribution in [-0.4, -0.2) is 14.6 Å². The molecule has 5 rings (SSSR count). The Morgan fingerprint density at radius 3 is 3.00 bits per heavy atom. The van der Waals surface area contributed by atoms with Crippen LogP contribution in [0.15, 0.2) is 36.5 Å². The van der Waals surface area contributed by atoms with Gasteiger partial charge in [-0.05, 0) is 30.5 Å². The van der Waals surface area contributed by atoms with Crippen LogP contribution in [-0.2, 0) is 18.6 Å². The molecule has 1 saturated carbocycles. The standard InChI is InChI=1S/C20H20N6/c21-11-14-4-3-5-15(10-14)12-22-19-16-13-23-20(7-1-2-8-20)18(16)25-17-6-9-24-26(17)19/h3-6,9-10,22-23H,1-2,7-8,12-13H2. The molecule has 130 valence electrons. The van der Waals surface area contributed by atoms with Gasteiger partial charge in [0.15, 0.2) is 5.65 Å². The van der Waals surface area contributed by atoms with Crippen LogP contribution in [0.4, 0.5) is 5.82 Å². The van der Waals surface area contributed by atoms with Gasteiger partial charge >= 0.3 is 0 Å². The molecule has 3 heterocycles. The first-order valence-electron chi connectivity index (χ1n) is 9.14. The SMILES string of the molecule is N#Cc1cccc(CNc2c3c(nc4ccnn24)C2(CCCC2)NC3)c1. The van der Waals surface area contributed by atoms with Crippen molar-refractivity contribution in [2.75, 3.05) is 5.32 Å². The van der Waals surface area contributed by atoms with E-state index in [1.54, 1.807) is 6.20 Å². The second-order valence-electron chi connectivity index (χ2n) is 7.20. The van der Waals surface area contributed by atoms with Crippen LogP contribution in [0.25, 0.3) is 5.65 Å². The minimum atomic E-state index is 0.0402. The molecule has 1 aliphatic carbocycles. The van der Waals surface area contributed by atoms with Gasteiger partial charge in [-0.1, -0.05) is 25.0 Å². The molecule has 0 unspecified atom stereocenters. The number of nitrogens with zero attached hydrogens (tertiary/aromatic N) is 4. The molecule has 0 amide bonds. The van der Waals surface area contributed by atoms with Gasteiger partial charge in [-0.3, -0.25) is 0 Å². The molecule has 2 N–H and O–H groups in total. The van der Waals surface area contributed by atoms with Crippen LogP contribution >= 0.6 is 0 Å². The van der Waals surface area contributed by atoms with Crippen molar-refractivity contribution < 1.29 is 0 Å². The lowest BCUT2D eigenvalue weighted by Crippen LogP contribution is -2.33. The van der Waals surface area contributed by atoms with E-state index in [0.717, 1.165) is 36.4 Å². The highest BCUT2D eigenvalue weighted by atomic mass is 15.3. The Morgan fingerprint density at radius 1 is 1.27 bits per heavy atom. The number of aromatic nitrogens is 3. The number of nitriles is 1. The zero-order valence-corrected chi connectivity index (χ0v) is 14.5. The van der Waals surface area contributed by atoms with E-state index < -0.39 is 0 Å². The highest BCUT2D eigenvalue weighted by Crippen LogP contribution is 2.45. The van der Waals surface area contributed by atoms with Crippen LogP contribution in [0.2, 0.25) is 0 Å². The number of hydrogen-bond donors (Lipinski definition) is 2. The predicted octanol–water partition coefficient (Wildman–Crippen LogP) is 3.09. The third-order valence-corrected chi connectivity index (χ3v) is 5.66. The molecular weight excluding hydrogens is 324 g/mol. The van der Waals surface area contributed by atoms with Gasteiger partial charge in [-0.15, -0.1) is 0 Å². The van der Waals surface area contributed by atoms with Gasteiger partial charge in [-0.2, -0.15) is 14.9 Å². The normalized spacial score (nSPS) is 17.5. The van der Waals surface area contributed by atoms with Crippen molar-refractivity contribution >= 4 is 11.5 Å². The first kappa shape index (κ1) is 15.4. The molecule has 2 aromatic heterocycles. The van der Waals surface area contributed by atoms with Gasteiger partial charge in [0.05, 0.1) is 29.1 Å². The smallest absolute Gasteiger partial charge is 0.157 e.